The molecule has 2 N–H and O–H groups in total. The average molecular weight is 317 g/mol. The number of aliphatic hydroxyl groups excluding tert-OH is 1. The summed E-state index contributed by atoms with van der Waals surface area (Å²) >= 11 is 0. The number of nitrogens with one attached hydrogen (secondary N) is 1. The van der Waals surface area contributed by atoms with Gasteiger partial charge in [0, 0.05) is 12.7 Å². The predicted octanol–water partition coefficient (Wildman–Crippen LogP) is 2.08. The average Bonchev–Trinajstić information content (AvgIpc) is 3.02. The molecule has 0 fully saturated rings. The fourth-order valence-electron chi connectivity index (χ4n) is 2.29. The number of ether oxygens (including phenoxy) is 1. The second-order valence-electron chi connectivity index (χ2n) is 5.47. The summed E-state index contributed by atoms with van der Waals surface area (Å²) in [6.45, 7) is 4.20. The third kappa shape index (κ3) is 4.32. The smallest absolute Gasteiger partial charge is 0.271 e. The number of hydrogen-bond acceptors (Lipinski definition) is 4. The van der Waals surface area contributed by atoms with Crippen molar-refractivity contribution in [2.24, 2.45) is 0 Å². The molecule has 2 rings (SSSR count). The number of methoxy groups -OCH3 is 1. The lowest BCUT2D eigenvalue weighted by molar-refractivity contribution is 0.0905. The van der Waals surface area contributed by atoms with Gasteiger partial charge in [0.05, 0.1) is 13.2 Å². The van der Waals surface area contributed by atoms with Crippen LogP contribution >= 0.6 is 0 Å². The van der Waals surface area contributed by atoms with Crippen LogP contribution in [0.4, 0.5) is 0 Å². The molecule has 6 nitrogen and oxygen atoms in total. The monoisotopic (exact) mass is 317 g/mol. The first-order valence-corrected chi connectivity index (χ1v) is 7.72. The third-order valence-corrected chi connectivity index (χ3v) is 3.52. The number of hydrogen-bond donors (Lipinski definition) is 2. The van der Waals surface area contributed by atoms with Gasteiger partial charge in [-0.05, 0) is 37.1 Å². The summed E-state index contributed by atoms with van der Waals surface area (Å²) in [5.74, 6) is 0.384. The quantitative estimate of drug-likeness (QED) is 0.820. The molecule has 23 heavy (non-hydrogen) atoms. The van der Waals surface area contributed by atoms with Gasteiger partial charge in [-0.25, -0.2) is 4.68 Å². The Labute approximate surface area is 136 Å². The molecule has 0 aliphatic carbocycles. The van der Waals surface area contributed by atoms with E-state index in [0.29, 0.717) is 17.9 Å². The van der Waals surface area contributed by atoms with E-state index in [1.165, 1.54) is 0 Å². The zero-order valence-corrected chi connectivity index (χ0v) is 13.7. The van der Waals surface area contributed by atoms with Gasteiger partial charge in [0.15, 0.2) is 5.69 Å². The van der Waals surface area contributed by atoms with Crippen LogP contribution in [-0.4, -0.2) is 40.6 Å². The maximum absolute atomic E-state index is 12.1. The van der Waals surface area contributed by atoms with Gasteiger partial charge in [-0.1, -0.05) is 19.4 Å². The van der Waals surface area contributed by atoms with Crippen molar-refractivity contribution in [3.63, 3.8) is 0 Å². The molecule has 1 aromatic heterocycles. The maximum atomic E-state index is 12.1. The molecule has 0 saturated heterocycles. The minimum Gasteiger partial charge on any atom is -0.494 e. The van der Waals surface area contributed by atoms with Crippen LogP contribution in [0.1, 0.15) is 35.8 Å². The van der Waals surface area contributed by atoms with Crippen molar-refractivity contribution >= 4 is 5.91 Å². The Balaban J connectivity index is 2.11. The molecule has 0 saturated carbocycles. The summed E-state index contributed by atoms with van der Waals surface area (Å²) in [6, 6.07) is 7.41. The van der Waals surface area contributed by atoms with Crippen LogP contribution in [0, 0.1) is 6.92 Å². The highest BCUT2D eigenvalue weighted by Crippen LogP contribution is 2.23. The van der Waals surface area contributed by atoms with Crippen LogP contribution in [0.15, 0.2) is 30.5 Å². The van der Waals surface area contributed by atoms with Crippen molar-refractivity contribution in [2.45, 2.75) is 32.8 Å². The molecule has 2 aromatic rings. The van der Waals surface area contributed by atoms with Gasteiger partial charge in [0.25, 0.3) is 5.91 Å². The van der Waals surface area contributed by atoms with E-state index in [2.05, 4.69) is 10.4 Å². The number of aliphatic hydroxyl groups is 1. The minimum absolute atomic E-state index is 0.229. The zero-order chi connectivity index (χ0) is 16.8. The molecule has 1 amide bonds. The maximum Gasteiger partial charge on any atom is 0.271 e. The van der Waals surface area contributed by atoms with Crippen molar-refractivity contribution in [2.75, 3.05) is 13.7 Å². The summed E-state index contributed by atoms with van der Waals surface area (Å²) in [6.07, 6.45) is 2.73. The second kappa shape index (κ2) is 7.78. The largest absolute Gasteiger partial charge is 0.494 e. The summed E-state index contributed by atoms with van der Waals surface area (Å²) in [7, 11) is 1.60. The lowest BCUT2D eigenvalue weighted by Crippen LogP contribution is -2.32. The summed E-state index contributed by atoms with van der Waals surface area (Å²) in [4.78, 5) is 12.1. The van der Waals surface area contributed by atoms with Gasteiger partial charge in [0.2, 0.25) is 0 Å². The van der Waals surface area contributed by atoms with E-state index in [-0.39, 0.29) is 12.5 Å². The van der Waals surface area contributed by atoms with Crippen LogP contribution in [0.25, 0.3) is 5.69 Å². The van der Waals surface area contributed by atoms with E-state index in [9.17, 15) is 9.90 Å². The molecule has 1 aromatic carbocycles. The van der Waals surface area contributed by atoms with Crippen molar-refractivity contribution in [1.82, 2.24) is 15.1 Å². The molecule has 1 atom stereocenters. The Bertz CT molecular complexity index is 667. The minimum atomic E-state index is -0.525. The standard InChI is InChI=1S/C17H23N3O3/c1-4-5-13(21)11-18-17(22)14-8-9-20(19-14)15-10-12(2)6-7-16(15)23-3/h6-10,13,21H,4-5,11H2,1-3H3,(H,18,22). The summed E-state index contributed by atoms with van der Waals surface area (Å²) < 4.78 is 6.95. The highest BCUT2D eigenvalue weighted by atomic mass is 16.5. The first kappa shape index (κ1) is 17.0. The molecule has 124 valence electrons. The van der Waals surface area contributed by atoms with Crippen molar-refractivity contribution in [3.05, 3.63) is 41.7 Å². The Morgan fingerprint density at radius 3 is 2.91 bits per heavy atom. The van der Waals surface area contributed by atoms with Gasteiger partial charge in [-0.3, -0.25) is 4.79 Å². The number of benzene rings is 1. The topological polar surface area (TPSA) is 76.4 Å². The molecule has 0 aliphatic heterocycles. The van der Waals surface area contributed by atoms with Crippen LogP contribution in [0.5, 0.6) is 5.75 Å². The summed E-state index contributed by atoms with van der Waals surface area (Å²) in [5.41, 5.74) is 2.15. The lowest BCUT2D eigenvalue weighted by Gasteiger charge is -2.10. The van der Waals surface area contributed by atoms with E-state index in [1.807, 2.05) is 32.0 Å². The molecule has 1 unspecified atom stereocenters. The predicted molar refractivity (Wildman–Crippen MR) is 88.1 cm³/mol. The van der Waals surface area contributed by atoms with E-state index < -0.39 is 6.10 Å². The highest BCUT2D eigenvalue weighted by molar-refractivity contribution is 5.92. The van der Waals surface area contributed by atoms with Gasteiger partial charge in [-0.2, -0.15) is 5.10 Å². The molecule has 0 aliphatic rings. The normalized spacial score (nSPS) is 12.0. The van der Waals surface area contributed by atoms with Crippen LogP contribution in [0.2, 0.25) is 0 Å². The number of carbonyl (C=O) groups is 1. The number of carbonyl (C=O) groups excluding carboxylic acids is 1. The van der Waals surface area contributed by atoms with Crippen molar-refractivity contribution in [3.8, 4) is 11.4 Å². The molecular weight excluding hydrogens is 294 g/mol. The molecular formula is C17H23N3O3. The second-order valence-corrected chi connectivity index (χ2v) is 5.47. The Morgan fingerprint density at radius 1 is 1.43 bits per heavy atom. The van der Waals surface area contributed by atoms with E-state index >= 15 is 0 Å². The molecule has 0 bridgehead atoms. The van der Waals surface area contributed by atoms with Crippen LogP contribution in [-0.2, 0) is 0 Å². The van der Waals surface area contributed by atoms with Gasteiger partial charge in [-0.15, -0.1) is 0 Å². The number of rotatable bonds is 7. The van der Waals surface area contributed by atoms with Gasteiger partial charge in [0.1, 0.15) is 11.4 Å². The fraction of sp³-hybridized carbons (Fsp3) is 0.412. The highest BCUT2D eigenvalue weighted by Gasteiger charge is 2.13. The molecule has 6 heteroatoms. The Morgan fingerprint density at radius 2 is 2.22 bits per heavy atom. The van der Waals surface area contributed by atoms with Crippen molar-refractivity contribution in [1.29, 1.82) is 0 Å². The van der Waals surface area contributed by atoms with Gasteiger partial charge < -0.3 is 15.2 Å². The Hall–Kier alpha value is -2.34. The first-order chi connectivity index (χ1) is 11.0. The SMILES string of the molecule is CCCC(O)CNC(=O)c1ccn(-c2cc(C)ccc2OC)n1. The molecule has 0 spiro atoms. The zero-order valence-electron chi connectivity index (χ0n) is 13.7. The van der Waals surface area contributed by atoms with E-state index in [1.54, 1.807) is 24.1 Å². The van der Waals surface area contributed by atoms with Gasteiger partial charge >= 0.3 is 0 Å². The van der Waals surface area contributed by atoms with E-state index in [0.717, 1.165) is 17.7 Å². The van der Waals surface area contributed by atoms with Crippen molar-refractivity contribution < 1.29 is 14.6 Å². The number of aryl methyl sites for hydroxylation is 1. The fourth-order valence-corrected chi connectivity index (χ4v) is 2.29. The van der Waals surface area contributed by atoms with Crippen LogP contribution < -0.4 is 10.1 Å². The lowest BCUT2D eigenvalue weighted by atomic mass is 10.2. The Kier molecular flexibility index (Phi) is 5.76. The first-order valence-electron chi connectivity index (χ1n) is 7.72. The molecule has 0 radical (unpaired) electrons. The van der Waals surface area contributed by atoms with Crippen LogP contribution in [0.3, 0.4) is 0 Å². The number of aromatic nitrogens is 2. The number of nitrogens with zero attached hydrogens (tertiary/aromatic N) is 2. The third-order valence-electron chi connectivity index (χ3n) is 3.52. The summed E-state index contributed by atoms with van der Waals surface area (Å²) in [5, 5.41) is 16.7. The molecule has 1 heterocycles. The number of amides is 1. The van der Waals surface area contributed by atoms with E-state index in [4.69, 9.17) is 4.74 Å².